The molecule has 2 saturated heterocycles. The molecule has 39 heavy (non-hydrogen) atoms. The van der Waals surface area contributed by atoms with Crippen LogP contribution in [-0.2, 0) is 28.5 Å². The molecule has 0 aromatic heterocycles. The minimum Gasteiger partial charge on any atom is -0.469 e. The molecule has 7 heteroatoms. The SMILES string of the molecule is CCCCCC(C)(C=C[C@@H]1[C@@H](CC=CCCCC(=O)OC)[C@@H](O)C[C@H]1OC1CCCCO1)OC1CCCCO1. The highest BCUT2D eigenvalue weighted by Gasteiger charge is 2.43. The molecule has 3 unspecified atom stereocenters. The fourth-order valence-corrected chi connectivity index (χ4v) is 6.01. The summed E-state index contributed by atoms with van der Waals surface area (Å²) in [7, 11) is 1.42. The number of hydrogen-bond donors (Lipinski definition) is 1. The third kappa shape index (κ3) is 11.3. The molecule has 0 aromatic carbocycles. The third-order valence-electron chi connectivity index (χ3n) is 8.40. The predicted octanol–water partition coefficient (Wildman–Crippen LogP) is 6.62. The lowest BCUT2D eigenvalue weighted by Crippen LogP contribution is -2.36. The van der Waals surface area contributed by atoms with Crippen LogP contribution in [0.5, 0.6) is 0 Å². The van der Waals surface area contributed by atoms with E-state index in [-0.39, 0.29) is 36.5 Å². The Labute approximate surface area is 236 Å². The summed E-state index contributed by atoms with van der Waals surface area (Å²) in [5.74, 6) is -0.0586. The minimum absolute atomic E-state index is 0.0533. The molecule has 2 aliphatic heterocycles. The van der Waals surface area contributed by atoms with E-state index in [9.17, 15) is 9.90 Å². The van der Waals surface area contributed by atoms with Gasteiger partial charge in [-0.2, -0.15) is 0 Å². The molecule has 1 saturated carbocycles. The Kier molecular flexibility index (Phi) is 14.5. The van der Waals surface area contributed by atoms with Crippen molar-refractivity contribution in [3.05, 3.63) is 24.3 Å². The van der Waals surface area contributed by atoms with Crippen molar-refractivity contribution in [3.8, 4) is 0 Å². The van der Waals surface area contributed by atoms with Crippen molar-refractivity contribution in [2.24, 2.45) is 11.8 Å². The summed E-state index contributed by atoms with van der Waals surface area (Å²) in [4.78, 5) is 11.4. The van der Waals surface area contributed by atoms with Gasteiger partial charge in [0.05, 0.1) is 24.9 Å². The topological polar surface area (TPSA) is 83.5 Å². The van der Waals surface area contributed by atoms with Crippen molar-refractivity contribution < 1.29 is 33.6 Å². The molecule has 7 atom stereocenters. The van der Waals surface area contributed by atoms with Crippen LogP contribution in [0, 0.1) is 11.8 Å². The highest BCUT2D eigenvalue weighted by Crippen LogP contribution is 2.40. The van der Waals surface area contributed by atoms with Gasteiger partial charge in [0.2, 0.25) is 0 Å². The van der Waals surface area contributed by atoms with Gasteiger partial charge in [0.25, 0.3) is 0 Å². The standard InChI is InChI=1S/C32H54O7/c1-4-5-12-20-32(2,39-31-18-11-14-23-37-31)21-19-26-25(15-8-6-7-9-16-29(34)35-3)27(33)24-28(26)38-30-17-10-13-22-36-30/h6,8,19,21,25-28,30-31,33H,4-5,7,9-18,20,22-24H2,1-3H3/t25-,26-,27+,28-,30?,31?,32?/m1/s1. The molecule has 3 rings (SSSR count). The van der Waals surface area contributed by atoms with Gasteiger partial charge < -0.3 is 28.8 Å². The largest absolute Gasteiger partial charge is 0.469 e. The van der Waals surface area contributed by atoms with Crippen molar-refractivity contribution in [1.29, 1.82) is 0 Å². The molecule has 0 radical (unpaired) electrons. The summed E-state index contributed by atoms with van der Waals surface area (Å²) in [5.41, 5.74) is -0.426. The number of rotatable bonds is 16. The first-order valence-corrected chi connectivity index (χ1v) is 15.6. The van der Waals surface area contributed by atoms with Crippen LogP contribution >= 0.6 is 0 Å². The van der Waals surface area contributed by atoms with Crippen molar-refractivity contribution in [3.63, 3.8) is 0 Å². The zero-order valence-corrected chi connectivity index (χ0v) is 24.7. The van der Waals surface area contributed by atoms with E-state index >= 15 is 0 Å². The van der Waals surface area contributed by atoms with E-state index in [4.69, 9.17) is 23.7 Å². The molecule has 3 aliphatic rings. The Hall–Kier alpha value is -1.25. The normalized spacial score (nSPS) is 31.6. The maximum absolute atomic E-state index is 11.4. The minimum atomic E-state index is -0.443. The van der Waals surface area contributed by atoms with Crippen molar-refractivity contribution in [2.75, 3.05) is 20.3 Å². The fourth-order valence-electron chi connectivity index (χ4n) is 6.01. The molecular weight excluding hydrogens is 496 g/mol. The zero-order valence-electron chi connectivity index (χ0n) is 24.7. The Morgan fingerprint density at radius 1 is 1.03 bits per heavy atom. The van der Waals surface area contributed by atoms with E-state index < -0.39 is 11.7 Å². The average molecular weight is 551 g/mol. The van der Waals surface area contributed by atoms with Gasteiger partial charge in [-0.05, 0) is 77.0 Å². The van der Waals surface area contributed by atoms with Gasteiger partial charge in [-0.25, -0.2) is 0 Å². The number of aliphatic hydroxyl groups is 1. The number of hydrogen-bond acceptors (Lipinski definition) is 7. The summed E-state index contributed by atoms with van der Waals surface area (Å²) in [6.45, 7) is 5.91. The van der Waals surface area contributed by atoms with E-state index in [1.807, 2.05) is 0 Å². The molecule has 2 heterocycles. The highest BCUT2D eigenvalue weighted by molar-refractivity contribution is 5.69. The molecule has 1 aliphatic carbocycles. The van der Waals surface area contributed by atoms with E-state index in [1.54, 1.807) is 0 Å². The number of methoxy groups -OCH3 is 1. The molecule has 0 aromatic rings. The van der Waals surface area contributed by atoms with Gasteiger partial charge in [0, 0.05) is 32.0 Å². The molecule has 224 valence electrons. The molecule has 7 nitrogen and oxygen atoms in total. The maximum atomic E-state index is 11.4. The van der Waals surface area contributed by atoms with Gasteiger partial charge in [-0.3, -0.25) is 4.79 Å². The van der Waals surface area contributed by atoms with Crippen LogP contribution < -0.4 is 0 Å². The quantitative estimate of drug-likeness (QED) is 0.131. The molecule has 0 amide bonds. The van der Waals surface area contributed by atoms with Crippen LogP contribution in [0.2, 0.25) is 0 Å². The Morgan fingerprint density at radius 2 is 1.77 bits per heavy atom. The molecular formula is C32H54O7. The zero-order chi connectivity index (χ0) is 27.9. The van der Waals surface area contributed by atoms with E-state index in [0.717, 1.165) is 83.8 Å². The van der Waals surface area contributed by atoms with Crippen molar-refractivity contribution in [1.82, 2.24) is 0 Å². The maximum Gasteiger partial charge on any atom is 0.305 e. The third-order valence-corrected chi connectivity index (χ3v) is 8.40. The Bertz CT molecular complexity index is 741. The van der Waals surface area contributed by atoms with Gasteiger partial charge in [-0.15, -0.1) is 0 Å². The van der Waals surface area contributed by atoms with E-state index in [0.29, 0.717) is 12.8 Å². The van der Waals surface area contributed by atoms with Crippen LogP contribution in [0.15, 0.2) is 24.3 Å². The van der Waals surface area contributed by atoms with Gasteiger partial charge in [-0.1, -0.05) is 50.5 Å². The van der Waals surface area contributed by atoms with E-state index in [1.165, 1.54) is 20.0 Å². The molecule has 0 spiro atoms. The molecule has 1 N–H and O–H groups in total. The summed E-state index contributed by atoms with van der Waals surface area (Å²) in [5, 5.41) is 11.1. The average Bonchev–Trinajstić information content (AvgIpc) is 3.23. The number of carbonyl (C=O) groups is 1. The van der Waals surface area contributed by atoms with E-state index in [2.05, 4.69) is 38.2 Å². The lowest BCUT2D eigenvalue weighted by atomic mass is 9.87. The monoisotopic (exact) mass is 550 g/mol. The number of unbranched alkanes of at least 4 members (excludes halogenated alkanes) is 3. The number of esters is 1. The number of allylic oxidation sites excluding steroid dienone is 2. The van der Waals surface area contributed by atoms with Crippen LogP contribution in [0.25, 0.3) is 0 Å². The first kappa shape index (κ1) is 32.3. The molecule has 3 fully saturated rings. The summed E-state index contributed by atoms with van der Waals surface area (Å²) in [6.07, 6.45) is 21.9. The first-order chi connectivity index (χ1) is 18.9. The summed E-state index contributed by atoms with van der Waals surface area (Å²) in [6, 6.07) is 0. The second-order valence-electron chi connectivity index (χ2n) is 11.7. The molecule has 0 bridgehead atoms. The smallest absolute Gasteiger partial charge is 0.305 e. The fraction of sp³-hybridized carbons (Fsp3) is 0.844. The van der Waals surface area contributed by atoms with Gasteiger partial charge in [0.1, 0.15) is 0 Å². The lowest BCUT2D eigenvalue weighted by molar-refractivity contribution is -0.208. The second kappa shape index (κ2) is 17.5. The Morgan fingerprint density at radius 3 is 2.44 bits per heavy atom. The summed E-state index contributed by atoms with van der Waals surface area (Å²) >= 11 is 0. The Balaban J connectivity index is 1.71. The van der Waals surface area contributed by atoms with Crippen LogP contribution in [-0.4, -0.2) is 61.8 Å². The summed E-state index contributed by atoms with van der Waals surface area (Å²) < 4.78 is 29.7. The van der Waals surface area contributed by atoms with Crippen molar-refractivity contribution in [2.45, 2.75) is 141 Å². The lowest BCUT2D eigenvalue weighted by Gasteiger charge is -2.34. The van der Waals surface area contributed by atoms with Crippen LogP contribution in [0.4, 0.5) is 0 Å². The van der Waals surface area contributed by atoms with Crippen LogP contribution in [0.1, 0.15) is 110 Å². The van der Waals surface area contributed by atoms with Gasteiger partial charge in [0.15, 0.2) is 12.6 Å². The first-order valence-electron chi connectivity index (χ1n) is 15.6. The number of ether oxygens (including phenoxy) is 5. The highest BCUT2D eigenvalue weighted by atomic mass is 16.7. The second-order valence-corrected chi connectivity index (χ2v) is 11.7. The van der Waals surface area contributed by atoms with Crippen LogP contribution in [0.3, 0.4) is 0 Å². The van der Waals surface area contributed by atoms with Crippen molar-refractivity contribution >= 4 is 5.97 Å². The predicted molar refractivity (Wildman–Crippen MR) is 152 cm³/mol. The van der Waals surface area contributed by atoms with Gasteiger partial charge >= 0.3 is 5.97 Å². The number of aliphatic hydroxyl groups excluding tert-OH is 1. The number of carbonyl (C=O) groups excluding carboxylic acids is 1.